The number of nitrogens with one attached hydrogen (secondary N) is 1. The summed E-state index contributed by atoms with van der Waals surface area (Å²) < 4.78 is 5.33. The van der Waals surface area contributed by atoms with Gasteiger partial charge in [-0.05, 0) is 43.8 Å². The summed E-state index contributed by atoms with van der Waals surface area (Å²) >= 11 is 6.13. The van der Waals surface area contributed by atoms with Crippen LogP contribution >= 0.6 is 39.2 Å². The number of carbonyl (C=O) groups excluding carboxylic acids is 2. The fourth-order valence-electron chi connectivity index (χ4n) is 2.42. The maximum absolute atomic E-state index is 11.9. The van der Waals surface area contributed by atoms with Crippen LogP contribution in [0, 0.1) is 0 Å². The van der Waals surface area contributed by atoms with Crippen molar-refractivity contribution in [2.24, 2.45) is 5.73 Å². The lowest BCUT2D eigenvalue weighted by molar-refractivity contribution is 0.0998. The minimum Gasteiger partial charge on any atom is -0.365 e. The summed E-state index contributed by atoms with van der Waals surface area (Å²) in [5.41, 5.74) is 6.86. The second kappa shape index (κ2) is 8.28. The third-order valence-electron chi connectivity index (χ3n) is 3.84. The molecule has 3 rings (SSSR count). The van der Waals surface area contributed by atoms with Gasteiger partial charge in [0.1, 0.15) is 15.6 Å². The third-order valence-corrected chi connectivity index (χ3v) is 6.68. The number of amides is 3. The van der Waals surface area contributed by atoms with Gasteiger partial charge in [-0.3, -0.25) is 10.1 Å². The van der Waals surface area contributed by atoms with Gasteiger partial charge in [-0.2, -0.15) is 4.37 Å². The first-order chi connectivity index (χ1) is 12.9. The smallest absolute Gasteiger partial charge is 0.321 e. The standard InChI is InChI=1S/C18H17BrN4O2S2/c1-23(2)18(25)21-16-13(15(20)24)17(22-27-16)26-9-11-8-7-10-5-3-4-6-12(10)14(11)19/h3-8H,9H2,1-2H3,(H2,20,24)(H,21,25). The molecule has 0 aliphatic heterocycles. The van der Waals surface area contributed by atoms with Crippen LogP contribution in [0.3, 0.4) is 0 Å². The number of aromatic nitrogens is 1. The monoisotopic (exact) mass is 464 g/mol. The van der Waals surface area contributed by atoms with Gasteiger partial charge in [-0.15, -0.1) is 0 Å². The zero-order valence-electron chi connectivity index (χ0n) is 14.7. The Balaban J connectivity index is 1.84. The van der Waals surface area contributed by atoms with Crippen molar-refractivity contribution in [3.8, 4) is 0 Å². The van der Waals surface area contributed by atoms with Gasteiger partial charge in [-0.25, -0.2) is 4.79 Å². The van der Waals surface area contributed by atoms with E-state index in [0.29, 0.717) is 15.8 Å². The second-order valence-electron chi connectivity index (χ2n) is 5.93. The highest BCUT2D eigenvalue weighted by molar-refractivity contribution is 9.10. The Morgan fingerprint density at radius 1 is 1.26 bits per heavy atom. The number of urea groups is 1. The zero-order chi connectivity index (χ0) is 19.6. The second-order valence-corrected chi connectivity index (χ2v) is 8.46. The van der Waals surface area contributed by atoms with Crippen LogP contribution in [0.25, 0.3) is 10.8 Å². The summed E-state index contributed by atoms with van der Waals surface area (Å²) in [7, 11) is 3.24. The van der Waals surface area contributed by atoms with E-state index in [0.717, 1.165) is 32.3 Å². The van der Waals surface area contributed by atoms with E-state index < -0.39 is 5.91 Å². The molecular formula is C18H17BrN4O2S2. The largest absolute Gasteiger partial charge is 0.365 e. The normalized spacial score (nSPS) is 10.8. The summed E-state index contributed by atoms with van der Waals surface area (Å²) in [6.45, 7) is 0. The van der Waals surface area contributed by atoms with E-state index in [2.05, 4.69) is 43.8 Å². The van der Waals surface area contributed by atoms with Gasteiger partial charge in [0.2, 0.25) is 0 Å². The van der Waals surface area contributed by atoms with Crippen LogP contribution in [0.4, 0.5) is 9.80 Å². The van der Waals surface area contributed by atoms with E-state index in [1.165, 1.54) is 16.7 Å². The molecule has 3 N–H and O–H groups in total. The molecule has 3 amide bonds. The van der Waals surface area contributed by atoms with Crippen LogP contribution in [0.15, 0.2) is 45.9 Å². The van der Waals surface area contributed by atoms with Crippen LogP contribution < -0.4 is 11.1 Å². The molecule has 27 heavy (non-hydrogen) atoms. The number of benzene rings is 2. The van der Waals surface area contributed by atoms with E-state index in [-0.39, 0.29) is 11.6 Å². The number of nitrogens with two attached hydrogens (primary N) is 1. The minimum atomic E-state index is -0.613. The van der Waals surface area contributed by atoms with Gasteiger partial charge >= 0.3 is 6.03 Å². The molecule has 140 valence electrons. The van der Waals surface area contributed by atoms with Crippen LogP contribution in [0.1, 0.15) is 15.9 Å². The highest BCUT2D eigenvalue weighted by Gasteiger charge is 2.21. The Hall–Kier alpha value is -2.10. The molecule has 2 aromatic carbocycles. The molecule has 0 unspecified atom stereocenters. The number of hydrogen-bond acceptors (Lipinski definition) is 5. The quantitative estimate of drug-likeness (QED) is 0.542. The fourth-order valence-corrected chi connectivity index (χ4v) is 5.19. The molecule has 3 aromatic rings. The number of nitrogens with zero attached hydrogens (tertiary/aromatic N) is 2. The van der Waals surface area contributed by atoms with Gasteiger partial charge in [0.25, 0.3) is 5.91 Å². The van der Waals surface area contributed by atoms with Crippen LogP contribution in [-0.2, 0) is 5.75 Å². The molecule has 0 saturated carbocycles. The van der Waals surface area contributed by atoms with Crippen molar-refractivity contribution in [1.82, 2.24) is 9.27 Å². The SMILES string of the molecule is CN(C)C(=O)Nc1snc(SCc2ccc3ccccc3c2Br)c1C(N)=O. The summed E-state index contributed by atoms with van der Waals surface area (Å²) in [5, 5.41) is 5.82. The van der Waals surface area contributed by atoms with Gasteiger partial charge in [-0.1, -0.05) is 48.2 Å². The molecule has 0 atom stereocenters. The lowest BCUT2D eigenvalue weighted by Crippen LogP contribution is -2.28. The molecule has 0 aliphatic carbocycles. The van der Waals surface area contributed by atoms with Gasteiger partial charge in [0, 0.05) is 24.3 Å². The lowest BCUT2D eigenvalue weighted by atomic mass is 10.1. The summed E-state index contributed by atoms with van der Waals surface area (Å²) in [4.78, 5) is 25.2. The van der Waals surface area contributed by atoms with Crippen LogP contribution in [0.2, 0.25) is 0 Å². The molecule has 6 nitrogen and oxygen atoms in total. The number of halogens is 1. The number of primary amides is 1. The average Bonchev–Trinajstić information content (AvgIpc) is 3.04. The Morgan fingerprint density at radius 3 is 2.70 bits per heavy atom. The number of carbonyl (C=O) groups is 2. The molecular weight excluding hydrogens is 448 g/mol. The predicted molar refractivity (Wildman–Crippen MR) is 115 cm³/mol. The summed E-state index contributed by atoms with van der Waals surface area (Å²) in [5.74, 6) is -0.00543. The number of fused-ring (bicyclic) bond motifs is 1. The molecule has 0 fully saturated rings. The van der Waals surface area contributed by atoms with Gasteiger partial charge in [0.05, 0.1) is 0 Å². The van der Waals surface area contributed by atoms with Crippen LogP contribution in [0.5, 0.6) is 0 Å². The lowest BCUT2D eigenvalue weighted by Gasteiger charge is -2.11. The number of anilines is 1. The molecule has 1 aromatic heterocycles. The Morgan fingerprint density at radius 2 is 2.00 bits per heavy atom. The van der Waals surface area contributed by atoms with E-state index in [9.17, 15) is 9.59 Å². The van der Waals surface area contributed by atoms with E-state index in [4.69, 9.17) is 5.73 Å². The zero-order valence-corrected chi connectivity index (χ0v) is 17.9. The Labute approximate surface area is 173 Å². The van der Waals surface area contributed by atoms with Crippen molar-refractivity contribution in [1.29, 1.82) is 0 Å². The van der Waals surface area contributed by atoms with E-state index >= 15 is 0 Å². The topological polar surface area (TPSA) is 88.3 Å². The van der Waals surface area contributed by atoms with Gasteiger partial charge in [0.15, 0.2) is 0 Å². The van der Waals surface area contributed by atoms with Gasteiger partial charge < -0.3 is 10.6 Å². The first-order valence-electron chi connectivity index (χ1n) is 7.95. The molecule has 0 bridgehead atoms. The van der Waals surface area contributed by atoms with Crippen molar-refractivity contribution in [2.45, 2.75) is 10.8 Å². The highest BCUT2D eigenvalue weighted by Crippen LogP contribution is 2.36. The molecule has 0 spiro atoms. The Kier molecular flexibility index (Phi) is 6.03. The van der Waals surface area contributed by atoms with Crippen molar-refractivity contribution >= 4 is 66.9 Å². The maximum atomic E-state index is 11.9. The number of thioether (sulfide) groups is 1. The van der Waals surface area contributed by atoms with Crippen molar-refractivity contribution < 1.29 is 9.59 Å². The first kappa shape index (κ1) is 19.7. The van der Waals surface area contributed by atoms with Crippen molar-refractivity contribution in [3.63, 3.8) is 0 Å². The Bertz CT molecular complexity index is 1020. The first-order valence-corrected chi connectivity index (χ1v) is 10.5. The fraction of sp³-hybridized carbons (Fsp3) is 0.167. The summed E-state index contributed by atoms with van der Waals surface area (Å²) in [6, 6.07) is 11.9. The van der Waals surface area contributed by atoms with E-state index in [1.54, 1.807) is 14.1 Å². The molecule has 0 aliphatic rings. The molecule has 0 saturated heterocycles. The molecule has 0 radical (unpaired) electrons. The third kappa shape index (κ3) is 4.26. The van der Waals surface area contributed by atoms with Crippen molar-refractivity contribution in [3.05, 3.63) is 52.0 Å². The summed E-state index contributed by atoms with van der Waals surface area (Å²) in [6.07, 6.45) is 0. The molecule has 9 heteroatoms. The maximum Gasteiger partial charge on any atom is 0.321 e. The number of rotatable bonds is 5. The van der Waals surface area contributed by atoms with Crippen LogP contribution in [-0.4, -0.2) is 35.3 Å². The number of hydrogen-bond donors (Lipinski definition) is 2. The highest BCUT2D eigenvalue weighted by atomic mass is 79.9. The minimum absolute atomic E-state index is 0.247. The van der Waals surface area contributed by atoms with Crippen molar-refractivity contribution in [2.75, 3.05) is 19.4 Å². The predicted octanol–water partition coefficient (Wildman–Crippen LogP) is 4.54. The van der Waals surface area contributed by atoms with E-state index in [1.807, 2.05) is 18.2 Å². The molecule has 1 heterocycles. The average molecular weight is 465 g/mol.